The van der Waals surface area contributed by atoms with E-state index in [9.17, 15) is 22.8 Å². The summed E-state index contributed by atoms with van der Waals surface area (Å²) in [4.78, 5) is 22.5. The van der Waals surface area contributed by atoms with Crippen LogP contribution in [0.2, 0.25) is 5.02 Å². The molecule has 0 aromatic heterocycles. The van der Waals surface area contributed by atoms with Gasteiger partial charge in [-0.1, -0.05) is 17.7 Å². The first kappa shape index (κ1) is 17.4. The van der Waals surface area contributed by atoms with E-state index in [0.29, 0.717) is 0 Å². The maximum absolute atomic E-state index is 11.9. The molecule has 1 aromatic carbocycles. The lowest BCUT2D eigenvalue weighted by atomic mass is 10.2. The van der Waals surface area contributed by atoms with E-state index in [1.54, 1.807) is 0 Å². The number of anilines is 1. The van der Waals surface area contributed by atoms with Crippen molar-refractivity contribution in [2.75, 3.05) is 17.6 Å². The van der Waals surface area contributed by atoms with Crippen molar-refractivity contribution in [3.8, 4) is 0 Å². The summed E-state index contributed by atoms with van der Waals surface area (Å²) in [5.74, 6) is -1.68. The highest BCUT2D eigenvalue weighted by atomic mass is 35.5. The molecule has 3 N–H and O–H groups in total. The van der Waals surface area contributed by atoms with E-state index in [4.69, 9.17) is 16.7 Å². The standard InChI is InChI=1S/C11H10ClF3N2O3S/c12-6-2-1-3-7(8(6)9(18)19)17-10(20)16-4-5-21-11(13,14)15/h1-3H,4-5H2,(H,18,19)(H2,16,17,20). The zero-order chi connectivity index (χ0) is 16.0. The van der Waals surface area contributed by atoms with Gasteiger partial charge >= 0.3 is 17.5 Å². The number of nitrogens with one attached hydrogen (secondary N) is 2. The molecule has 0 heterocycles. The second-order valence-electron chi connectivity index (χ2n) is 3.64. The van der Waals surface area contributed by atoms with Crippen LogP contribution < -0.4 is 10.6 Å². The average Bonchev–Trinajstić information content (AvgIpc) is 2.33. The Morgan fingerprint density at radius 2 is 2.00 bits per heavy atom. The molecule has 5 nitrogen and oxygen atoms in total. The molecular formula is C11H10ClF3N2O3S. The number of thioether (sulfide) groups is 1. The molecule has 0 saturated carbocycles. The van der Waals surface area contributed by atoms with Gasteiger partial charge in [-0.3, -0.25) is 0 Å². The Labute approximate surface area is 126 Å². The zero-order valence-corrected chi connectivity index (χ0v) is 11.9. The fraction of sp³-hybridized carbons (Fsp3) is 0.273. The van der Waals surface area contributed by atoms with Crippen LogP contribution in [-0.2, 0) is 0 Å². The monoisotopic (exact) mass is 342 g/mol. The lowest BCUT2D eigenvalue weighted by Crippen LogP contribution is -2.31. The van der Waals surface area contributed by atoms with E-state index in [1.807, 2.05) is 0 Å². The molecule has 0 spiro atoms. The van der Waals surface area contributed by atoms with Crippen LogP contribution in [0.4, 0.5) is 23.7 Å². The van der Waals surface area contributed by atoms with E-state index in [1.165, 1.54) is 18.2 Å². The minimum absolute atomic E-state index is 0.0454. The first-order valence-electron chi connectivity index (χ1n) is 5.48. The van der Waals surface area contributed by atoms with Crippen molar-refractivity contribution < 1.29 is 27.9 Å². The van der Waals surface area contributed by atoms with Crippen LogP contribution in [0.1, 0.15) is 10.4 Å². The van der Waals surface area contributed by atoms with Gasteiger partial charge in [0.2, 0.25) is 0 Å². The Kier molecular flexibility index (Phi) is 6.16. The van der Waals surface area contributed by atoms with Crippen molar-refractivity contribution in [3.05, 3.63) is 28.8 Å². The quantitative estimate of drug-likeness (QED) is 0.716. The Bertz CT molecular complexity index is 540. The number of hydrogen-bond donors (Lipinski definition) is 3. The third kappa shape index (κ3) is 6.13. The van der Waals surface area contributed by atoms with Crippen LogP contribution >= 0.6 is 23.4 Å². The largest absolute Gasteiger partial charge is 0.478 e. The SMILES string of the molecule is O=C(NCCSC(F)(F)F)Nc1cccc(Cl)c1C(=O)O. The van der Waals surface area contributed by atoms with Gasteiger partial charge < -0.3 is 15.7 Å². The topological polar surface area (TPSA) is 78.4 Å². The Hall–Kier alpha value is -1.61. The van der Waals surface area contributed by atoms with Gasteiger partial charge in [0, 0.05) is 12.3 Å². The van der Waals surface area contributed by atoms with Crippen molar-refractivity contribution in [2.24, 2.45) is 0 Å². The third-order valence-electron chi connectivity index (χ3n) is 2.13. The molecule has 0 bridgehead atoms. The van der Waals surface area contributed by atoms with Crippen molar-refractivity contribution in [2.45, 2.75) is 5.51 Å². The van der Waals surface area contributed by atoms with Crippen LogP contribution in [0.3, 0.4) is 0 Å². The molecule has 0 aliphatic carbocycles. The summed E-state index contributed by atoms with van der Waals surface area (Å²) in [5, 5.41) is 13.3. The van der Waals surface area contributed by atoms with Crippen LogP contribution in [0.25, 0.3) is 0 Å². The Morgan fingerprint density at radius 3 is 2.57 bits per heavy atom. The summed E-state index contributed by atoms with van der Waals surface area (Å²) in [7, 11) is 0. The molecule has 21 heavy (non-hydrogen) atoms. The molecule has 0 aliphatic rings. The highest BCUT2D eigenvalue weighted by molar-refractivity contribution is 8.00. The van der Waals surface area contributed by atoms with E-state index < -0.39 is 17.5 Å². The number of alkyl halides is 3. The number of halogens is 4. The van der Waals surface area contributed by atoms with Gasteiger partial charge in [-0.25, -0.2) is 9.59 Å². The summed E-state index contributed by atoms with van der Waals surface area (Å²) in [5.41, 5.74) is -4.70. The summed E-state index contributed by atoms with van der Waals surface area (Å²) in [6.45, 7) is -0.223. The van der Waals surface area contributed by atoms with Gasteiger partial charge in [-0.2, -0.15) is 13.2 Å². The van der Waals surface area contributed by atoms with E-state index >= 15 is 0 Å². The molecule has 0 fully saturated rings. The zero-order valence-electron chi connectivity index (χ0n) is 10.3. The number of rotatable bonds is 5. The smallest absolute Gasteiger partial charge is 0.441 e. The Morgan fingerprint density at radius 1 is 1.33 bits per heavy atom. The van der Waals surface area contributed by atoms with Crippen LogP contribution in [-0.4, -0.2) is 34.9 Å². The molecular weight excluding hydrogens is 333 g/mol. The van der Waals surface area contributed by atoms with E-state index in [2.05, 4.69) is 10.6 Å². The van der Waals surface area contributed by atoms with Crippen LogP contribution in [0, 0.1) is 0 Å². The molecule has 1 aromatic rings. The van der Waals surface area contributed by atoms with Crippen molar-refractivity contribution in [1.82, 2.24) is 5.32 Å². The predicted molar refractivity (Wildman–Crippen MR) is 73.9 cm³/mol. The van der Waals surface area contributed by atoms with Gasteiger partial charge in [0.15, 0.2) is 0 Å². The number of carboxylic acids is 1. The summed E-state index contributed by atoms with van der Waals surface area (Å²) < 4.78 is 35.6. The fourth-order valence-electron chi connectivity index (χ4n) is 1.34. The molecule has 10 heteroatoms. The van der Waals surface area contributed by atoms with Gasteiger partial charge in [0.05, 0.1) is 10.7 Å². The Balaban J connectivity index is 2.56. The molecule has 1 rings (SSSR count). The second kappa shape index (κ2) is 7.41. The first-order chi connectivity index (χ1) is 9.70. The van der Waals surface area contributed by atoms with Crippen molar-refractivity contribution in [1.29, 1.82) is 0 Å². The minimum Gasteiger partial charge on any atom is -0.478 e. The number of carboxylic acid groups (broad SMARTS) is 1. The average molecular weight is 343 g/mol. The summed E-state index contributed by atoms with van der Waals surface area (Å²) in [6.07, 6.45) is 0. The molecule has 0 atom stereocenters. The maximum Gasteiger partial charge on any atom is 0.441 e. The molecule has 0 aliphatic heterocycles. The highest BCUT2D eigenvalue weighted by Gasteiger charge is 2.27. The number of carbonyl (C=O) groups excluding carboxylic acids is 1. The lowest BCUT2D eigenvalue weighted by Gasteiger charge is -2.11. The molecule has 2 amide bonds. The van der Waals surface area contributed by atoms with Crippen molar-refractivity contribution in [3.63, 3.8) is 0 Å². The molecule has 0 unspecified atom stereocenters. The van der Waals surface area contributed by atoms with Crippen LogP contribution in [0.15, 0.2) is 18.2 Å². The third-order valence-corrected chi connectivity index (χ3v) is 3.18. The van der Waals surface area contributed by atoms with Crippen LogP contribution in [0.5, 0.6) is 0 Å². The van der Waals surface area contributed by atoms with E-state index in [0.717, 1.165) is 0 Å². The van der Waals surface area contributed by atoms with Gasteiger partial charge in [-0.15, -0.1) is 0 Å². The number of aromatic carboxylic acids is 1. The molecule has 0 radical (unpaired) electrons. The minimum atomic E-state index is -4.36. The van der Waals surface area contributed by atoms with E-state index in [-0.39, 0.29) is 40.3 Å². The maximum atomic E-state index is 11.9. The van der Waals surface area contributed by atoms with Gasteiger partial charge in [0.25, 0.3) is 0 Å². The number of benzene rings is 1. The molecule has 116 valence electrons. The highest BCUT2D eigenvalue weighted by Crippen LogP contribution is 2.29. The number of urea groups is 1. The number of carbonyl (C=O) groups is 2. The normalized spacial score (nSPS) is 11.0. The number of hydrogen-bond acceptors (Lipinski definition) is 3. The van der Waals surface area contributed by atoms with Gasteiger partial charge in [0.1, 0.15) is 5.56 Å². The molecule has 0 saturated heterocycles. The van der Waals surface area contributed by atoms with Crippen molar-refractivity contribution >= 4 is 41.1 Å². The summed E-state index contributed by atoms with van der Waals surface area (Å²) >= 11 is 5.44. The first-order valence-corrected chi connectivity index (χ1v) is 6.84. The second-order valence-corrected chi connectivity index (χ2v) is 5.21. The fourth-order valence-corrected chi connectivity index (χ4v) is 2.03. The lowest BCUT2D eigenvalue weighted by molar-refractivity contribution is -0.0327. The van der Waals surface area contributed by atoms with Gasteiger partial charge in [-0.05, 0) is 23.9 Å². The number of amides is 2. The predicted octanol–water partition coefficient (Wildman–Crippen LogP) is 3.41. The summed E-state index contributed by atoms with van der Waals surface area (Å²) in [6, 6.07) is 3.28.